The smallest absolute Gasteiger partial charge is 0.272 e. The van der Waals surface area contributed by atoms with Gasteiger partial charge in [-0.1, -0.05) is 30.3 Å². The first-order chi connectivity index (χ1) is 10.7. The van der Waals surface area contributed by atoms with E-state index in [-0.39, 0.29) is 12.5 Å². The van der Waals surface area contributed by atoms with E-state index in [9.17, 15) is 4.79 Å². The first-order valence-electron chi connectivity index (χ1n) is 7.68. The van der Waals surface area contributed by atoms with E-state index in [0.29, 0.717) is 0 Å². The number of piperazine rings is 1. The predicted octanol–water partition coefficient (Wildman–Crippen LogP) is 0.0801. The van der Waals surface area contributed by atoms with E-state index in [0.717, 1.165) is 37.3 Å². The number of carbonyl (C=O) groups is 1. The third-order valence-corrected chi connectivity index (χ3v) is 3.99. The summed E-state index contributed by atoms with van der Waals surface area (Å²) in [6.45, 7) is 3.90. The predicted molar refractivity (Wildman–Crippen MR) is 85.8 cm³/mol. The second-order valence-corrected chi connectivity index (χ2v) is 5.78. The van der Waals surface area contributed by atoms with Crippen LogP contribution in [-0.2, 0) is 4.79 Å². The minimum absolute atomic E-state index is 0.0392. The van der Waals surface area contributed by atoms with Gasteiger partial charge in [-0.2, -0.15) is 0 Å². The van der Waals surface area contributed by atoms with Crippen LogP contribution < -0.4 is 15.1 Å². The molecule has 5 nitrogen and oxygen atoms in total. The molecule has 1 amide bonds. The average Bonchev–Trinajstić information content (AvgIpc) is 2.55. The fourth-order valence-corrected chi connectivity index (χ4v) is 2.61. The van der Waals surface area contributed by atoms with E-state index in [2.05, 4.69) is 18.5 Å². The summed E-state index contributed by atoms with van der Waals surface area (Å²) in [5.74, 6) is 0.615. The van der Waals surface area contributed by atoms with Crippen LogP contribution in [0, 0.1) is 0 Å². The molecule has 22 heavy (non-hydrogen) atoms. The van der Waals surface area contributed by atoms with E-state index in [1.54, 1.807) is 0 Å². The molecule has 2 N–H and O–H groups in total. The molecule has 0 radical (unpaired) electrons. The van der Waals surface area contributed by atoms with Crippen LogP contribution in [0.25, 0.3) is 10.8 Å². The number of carbonyl (C=O) groups excluding carboxylic acids is 1. The van der Waals surface area contributed by atoms with Gasteiger partial charge in [0.1, 0.15) is 5.75 Å². The Hall–Kier alpha value is -2.11. The van der Waals surface area contributed by atoms with Crippen molar-refractivity contribution in [2.45, 2.75) is 0 Å². The van der Waals surface area contributed by atoms with Crippen molar-refractivity contribution >= 4 is 16.7 Å². The maximum absolute atomic E-state index is 11.9. The molecule has 3 rings (SSSR count). The van der Waals surface area contributed by atoms with Crippen molar-refractivity contribution in [3.63, 3.8) is 0 Å². The quantitative estimate of drug-likeness (QED) is 0.841. The summed E-state index contributed by atoms with van der Waals surface area (Å²) in [6.07, 6.45) is 0. The molecule has 0 unspecified atom stereocenters. The first kappa shape index (κ1) is 14.8. The monoisotopic (exact) mass is 300 g/mol. The fraction of sp³-hybridized carbons (Fsp3) is 0.353. The van der Waals surface area contributed by atoms with E-state index in [1.807, 2.05) is 41.4 Å². The number of nitrogens with one attached hydrogen (secondary N) is 2. The van der Waals surface area contributed by atoms with Crippen LogP contribution in [0.2, 0.25) is 0 Å². The van der Waals surface area contributed by atoms with Gasteiger partial charge >= 0.3 is 0 Å². The van der Waals surface area contributed by atoms with Crippen LogP contribution in [0.5, 0.6) is 5.75 Å². The third-order valence-electron chi connectivity index (χ3n) is 3.99. The van der Waals surface area contributed by atoms with Crippen LogP contribution in [0.4, 0.5) is 0 Å². The fourth-order valence-electron chi connectivity index (χ4n) is 2.61. The number of likely N-dealkylation sites (N-methyl/N-ethyl adjacent to an activating group) is 1. The number of hydrazine groups is 1. The van der Waals surface area contributed by atoms with Gasteiger partial charge in [-0.05, 0) is 22.9 Å². The lowest BCUT2D eigenvalue weighted by Crippen LogP contribution is -3.12. The van der Waals surface area contributed by atoms with E-state index in [1.165, 1.54) is 10.3 Å². The standard InChI is InChI=1S/C17H21N3O2/c1-19-8-10-20(11-9-19)18-17(21)13-22-16-7-6-14-4-2-3-5-15(14)12-16/h2-7,12H,8-11,13H2,1H3,(H,18,21)/p+1. The SMILES string of the molecule is C[NH+]1CCN(NC(=O)COc2ccc3ccccc3c2)CC1. The lowest BCUT2D eigenvalue weighted by Gasteiger charge is -2.29. The molecule has 1 saturated heterocycles. The van der Waals surface area contributed by atoms with Crippen LogP contribution in [0.1, 0.15) is 0 Å². The zero-order valence-electron chi connectivity index (χ0n) is 12.8. The molecule has 0 aromatic heterocycles. The van der Waals surface area contributed by atoms with Gasteiger partial charge in [0.05, 0.1) is 33.2 Å². The molecular weight excluding hydrogens is 278 g/mol. The maximum atomic E-state index is 11.9. The van der Waals surface area contributed by atoms with E-state index in [4.69, 9.17) is 4.74 Å². The number of hydrogen-bond donors (Lipinski definition) is 2. The molecule has 2 aromatic rings. The lowest BCUT2D eigenvalue weighted by atomic mass is 10.1. The molecular formula is C17H22N3O2+. The molecule has 0 saturated carbocycles. The maximum Gasteiger partial charge on any atom is 0.272 e. The number of amides is 1. The molecule has 1 fully saturated rings. The van der Waals surface area contributed by atoms with Gasteiger partial charge < -0.3 is 9.64 Å². The number of benzene rings is 2. The lowest BCUT2D eigenvalue weighted by molar-refractivity contribution is -0.884. The highest BCUT2D eigenvalue weighted by Gasteiger charge is 2.18. The van der Waals surface area contributed by atoms with Gasteiger partial charge in [-0.15, -0.1) is 0 Å². The van der Waals surface area contributed by atoms with Crippen LogP contribution >= 0.6 is 0 Å². The highest BCUT2D eigenvalue weighted by molar-refractivity contribution is 5.84. The molecule has 0 atom stereocenters. The van der Waals surface area contributed by atoms with Crippen LogP contribution in [0.3, 0.4) is 0 Å². The summed E-state index contributed by atoms with van der Waals surface area (Å²) in [4.78, 5) is 13.4. The van der Waals surface area contributed by atoms with Crippen molar-refractivity contribution in [2.24, 2.45) is 0 Å². The Bertz CT molecular complexity index is 651. The molecule has 1 aliphatic rings. The number of quaternary nitrogens is 1. The van der Waals surface area contributed by atoms with Gasteiger partial charge in [0.2, 0.25) is 0 Å². The minimum Gasteiger partial charge on any atom is -0.484 e. The average molecular weight is 300 g/mol. The van der Waals surface area contributed by atoms with Crippen molar-refractivity contribution in [3.05, 3.63) is 42.5 Å². The molecule has 1 aliphatic heterocycles. The first-order valence-corrected chi connectivity index (χ1v) is 7.68. The minimum atomic E-state index is -0.104. The van der Waals surface area contributed by atoms with Crippen molar-refractivity contribution in [1.82, 2.24) is 10.4 Å². The summed E-state index contributed by atoms with van der Waals surface area (Å²) in [5, 5.41) is 4.25. The van der Waals surface area contributed by atoms with Crippen molar-refractivity contribution < 1.29 is 14.4 Å². The highest BCUT2D eigenvalue weighted by atomic mass is 16.5. The zero-order chi connectivity index (χ0) is 15.4. The molecule has 1 heterocycles. The molecule has 0 bridgehead atoms. The summed E-state index contributed by atoms with van der Waals surface area (Å²) >= 11 is 0. The second-order valence-electron chi connectivity index (χ2n) is 5.78. The molecule has 116 valence electrons. The van der Waals surface area contributed by atoms with Gasteiger partial charge in [0.25, 0.3) is 5.91 Å². The van der Waals surface area contributed by atoms with Crippen LogP contribution in [0.15, 0.2) is 42.5 Å². The Balaban J connectivity index is 1.51. The Kier molecular flexibility index (Phi) is 4.56. The number of nitrogens with zero attached hydrogens (tertiary/aromatic N) is 1. The highest BCUT2D eigenvalue weighted by Crippen LogP contribution is 2.20. The molecule has 5 heteroatoms. The van der Waals surface area contributed by atoms with E-state index < -0.39 is 0 Å². The Morgan fingerprint density at radius 3 is 2.68 bits per heavy atom. The molecule has 0 aliphatic carbocycles. The van der Waals surface area contributed by atoms with Gasteiger partial charge in [0.15, 0.2) is 6.61 Å². The van der Waals surface area contributed by atoms with Crippen molar-refractivity contribution in [2.75, 3.05) is 39.8 Å². The summed E-state index contributed by atoms with van der Waals surface area (Å²) in [7, 11) is 2.17. The topological polar surface area (TPSA) is 46.0 Å². The van der Waals surface area contributed by atoms with Gasteiger partial charge in [-0.3, -0.25) is 10.2 Å². The normalized spacial score (nSPS) is 16.6. The Morgan fingerprint density at radius 2 is 1.91 bits per heavy atom. The van der Waals surface area contributed by atoms with Crippen molar-refractivity contribution in [1.29, 1.82) is 0 Å². The largest absolute Gasteiger partial charge is 0.484 e. The third kappa shape index (κ3) is 3.75. The summed E-state index contributed by atoms with van der Waals surface area (Å²) in [5.41, 5.74) is 2.90. The van der Waals surface area contributed by atoms with Crippen molar-refractivity contribution in [3.8, 4) is 5.75 Å². The molecule has 0 spiro atoms. The number of ether oxygens (including phenoxy) is 1. The van der Waals surface area contributed by atoms with Gasteiger partial charge in [0, 0.05) is 0 Å². The number of rotatable bonds is 4. The Morgan fingerprint density at radius 1 is 1.18 bits per heavy atom. The Labute approximate surface area is 130 Å². The molecule has 2 aromatic carbocycles. The zero-order valence-corrected chi connectivity index (χ0v) is 12.8. The number of hydrogen-bond acceptors (Lipinski definition) is 3. The van der Waals surface area contributed by atoms with Gasteiger partial charge in [-0.25, -0.2) is 5.01 Å². The number of fused-ring (bicyclic) bond motifs is 1. The summed E-state index contributed by atoms with van der Waals surface area (Å²) in [6, 6.07) is 14.0. The summed E-state index contributed by atoms with van der Waals surface area (Å²) < 4.78 is 5.59. The van der Waals surface area contributed by atoms with Crippen LogP contribution in [-0.4, -0.2) is 50.7 Å². The second kappa shape index (κ2) is 6.77. The van der Waals surface area contributed by atoms with E-state index >= 15 is 0 Å².